The van der Waals surface area contributed by atoms with Crippen LogP contribution in [0.4, 0.5) is 0 Å². The summed E-state index contributed by atoms with van der Waals surface area (Å²) < 4.78 is 29.1. The molecule has 0 fully saturated rings. The molecule has 7 nitrogen and oxygen atoms in total. The van der Waals surface area contributed by atoms with Crippen molar-refractivity contribution in [1.82, 2.24) is 10.2 Å². The quantitative estimate of drug-likeness (QED) is 0.573. The van der Waals surface area contributed by atoms with Gasteiger partial charge in [-0.25, -0.2) is 13.4 Å². The standard InChI is InChI=1S/C21H20N4O3S/c1-14(16-10-12-18(13-11-16)29(4,26)27)23-19(15(2)22-3)21-25-24-20(28-21)17-8-6-5-7-9-17/h5-13H,3H2,1-2,4H3/b19-15-,23-14?. The second-order valence-corrected chi connectivity index (χ2v) is 8.38. The van der Waals surface area contributed by atoms with Gasteiger partial charge in [0.2, 0.25) is 5.89 Å². The number of allylic oxidation sites excluding steroid dienone is 1. The molecule has 0 saturated heterocycles. The lowest BCUT2D eigenvalue weighted by atomic mass is 10.1. The fraction of sp³-hybridized carbons (Fsp3) is 0.143. The predicted octanol–water partition coefficient (Wildman–Crippen LogP) is 4.04. The molecule has 0 N–H and O–H groups in total. The Hall–Kier alpha value is -3.39. The molecular formula is C21H20N4O3S. The highest BCUT2D eigenvalue weighted by molar-refractivity contribution is 7.90. The minimum absolute atomic E-state index is 0.223. The van der Waals surface area contributed by atoms with E-state index in [-0.39, 0.29) is 10.8 Å². The molecule has 1 heterocycles. The van der Waals surface area contributed by atoms with E-state index in [2.05, 4.69) is 26.9 Å². The topological polar surface area (TPSA) is 97.8 Å². The van der Waals surface area contributed by atoms with Gasteiger partial charge in [0.15, 0.2) is 9.84 Å². The van der Waals surface area contributed by atoms with E-state index in [0.29, 0.717) is 23.0 Å². The van der Waals surface area contributed by atoms with Crippen molar-refractivity contribution in [3.8, 4) is 11.5 Å². The van der Waals surface area contributed by atoms with E-state index in [1.165, 1.54) is 6.26 Å². The molecule has 0 aliphatic rings. The van der Waals surface area contributed by atoms with Gasteiger partial charge in [-0.3, -0.25) is 4.99 Å². The van der Waals surface area contributed by atoms with E-state index in [0.717, 1.165) is 11.1 Å². The molecule has 0 saturated carbocycles. The van der Waals surface area contributed by atoms with Crippen LogP contribution in [0.2, 0.25) is 0 Å². The van der Waals surface area contributed by atoms with Gasteiger partial charge in [0.05, 0.1) is 10.6 Å². The number of benzene rings is 2. The number of hydrogen-bond acceptors (Lipinski definition) is 7. The van der Waals surface area contributed by atoms with Crippen LogP contribution < -0.4 is 0 Å². The maximum atomic E-state index is 11.6. The molecule has 0 amide bonds. The van der Waals surface area contributed by atoms with Gasteiger partial charge in [-0.05, 0) is 50.4 Å². The van der Waals surface area contributed by atoms with Crippen molar-refractivity contribution in [2.45, 2.75) is 18.7 Å². The number of nitrogens with zero attached hydrogens (tertiary/aromatic N) is 4. The fourth-order valence-electron chi connectivity index (χ4n) is 2.55. The largest absolute Gasteiger partial charge is 0.415 e. The Morgan fingerprint density at radius 2 is 1.66 bits per heavy atom. The summed E-state index contributed by atoms with van der Waals surface area (Å²) in [6.45, 7) is 7.11. The molecule has 0 aliphatic heterocycles. The predicted molar refractivity (Wildman–Crippen MR) is 114 cm³/mol. The minimum Gasteiger partial charge on any atom is -0.415 e. The zero-order chi connectivity index (χ0) is 21.0. The second kappa shape index (κ2) is 8.32. The minimum atomic E-state index is -3.26. The summed E-state index contributed by atoms with van der Waals surface area (Å²) >= 11 is 0. The van der Waals surface area contributed by atoms with Crippen LogP contribution in [-0.2, 0) is 9.84 Å². The summed E-state index contributed by atoms with van der Waals surface area (Å²) in [5.74, 6) is 0.598. The van der Waals surface area contributed by atoms with Crippen LogP contribution in [0.1, 0.15) is 25.3 Å². The van der Waals surface area contributed by atoms with Crippen molar-refractivity contribution in [3.63, 3.8) is 0 Å². The Balaban J connectivity index is 1.98. The van der Waals surface area contributed by atoms with Crippen LogP contribution in [0, 0.1) is 0 Å². The van der Waals surface area contributed by atoms with Crippen LogP contribution in [0.25, 0.3) is 17.2 Å². The van der Waals surface area contributed by atoms with E-state index in [9.17, 15) is 8.42 Å². The van der Waals surface area contributed by atoms with Gasteiger partial charge in [-0.2, -0.15) is 0 Å². The summed E-state index contributed by atoms with van der Waals surface area (Å²) in [4.78, 5) is 8.81. The first-order chi connectivity index (χ1) is 13.8. The van der Waals surface area contributed by atoms with Gasteiger partial charge in [-0.1, -0.05) is 30.3 Å². The molecule has 0 aliphatic carbocycles. The highest BCUT2D eigenvalue weighted by Gasteiger charge is 2.16. The lowest BCUT2D eigenvalue weighted by Gasteiger charge is -2.05. The molecular weight excluding hydrogens is 388 g/mol. The Kier molecular flexibility index (Phi) is 5.84. The maximum Gasteiger partial charge on any atom is 0.268 e. The summed E-state index contributed by atoms with van der Waals surface area (Å²) in [5, 5.41) is 8.20. The van der Waals surface area contributed by atoms with Crippen molar-refractivity contribution in [1.29, 1.82) is 0 Å². The highest BCUT2D eigenvalue weighted by Crippen LogP contribution is 2.25. The molecule has 29 heavy (non-hydrogen) atoms. The zero-order valence-electron chi connectivity index (χ0n) is 16.3. The van der Waals surface area contributed by atoms with Gasteiger partial charge >= 0.3 is 0 Å². The number of rotatable bonds is 6. The van der Waals surface area contributed by atoms with Crippen molar-refractivity contribution < 1.29 is 12.8 Å². The molecule has 0 spiro atoms. The van der Waals surface area contributed by atoms with Crippen LogP contribution >= 0.6 is 0 Å². The van der Waals surface area contributed by atoms with Gasteiger partial charge in [0.1, 0.15) is 5.70 Å². The molecule has 2 aromatic carbocycles. The first-order valence-corrected chi connectivity index (χ1v) is 10.6. The smallest absolute Gasteiger partial charge is 0.268 e. The highest BCUT2D eigenvalue weighted by atomic mass is 32.2. The van der Waals surface area contributed by atoms with Crippen molar-refractivity contribution in [2.24, 2.45) is 9.98 Å². The molecule has 0 bridgehead atoms. The van der Waals surface area contributed by atoms with Gasteiger partial charge in [0, 0.05) is 17.5 Å². The Morgan fingerprint density at radius 3 is 2.24 bits per heavy atom. The molecule has 0 atom stereocenters. The molecule has 148 valence electrons. The average molecular weight is 408 g/mol. The third-order valence-corrected chi connectivity index (χ3v) is 5.34. The monoisotopic (exact) mass is 408 g/mol. The average Bonchev–Trinajstić information content (AvgIpc) is 3.21. The first-order valence-electron chi connectivity index (χ1n) is 8.72. The molecule has 3 aromatic rings. The summed E-state index contributed by atoms with van der Waals surface area (Å²) in [5.41, 5.74) is 3.13. The van der Waals surface area contributed by atoms with Gasteiger partial charge in [-0.15, -0.1) is 10.2 Å². The van der Waals surface area contributed by atoms with E-state index in [4.69, 9.17) is 4.42 Å². The lowest BCUT2D eigenvalue weighted by Crippen LogP contribution is -2.00. The van der Waals surface area contributed by atoms with Gasteiger partial charge < -0.3 is 4.42 Å². The number of sulfone groups is 1. The number of aliphatic imine (C=N–C) groups is 2. The van der Waals surface area contributed by atoms with Gasteiger partial charge in [0.25, 0.3) is 5.89 Å². The summed E-state index contributed by atoms with van der Waals surface area (Å²) in [6, 6.07) is 15.9. The third kappa shape index (κ3) is 4.72. The van der Waals surface area contributed by atoms with Crippen molar-refractivity contribution in [2.75, 3.05) is 6.26 Å². The van der Waals surface area contributed by atoms with Crippen molar-refractivity contribution >= 4 is 28.0 Å². The molecule has 8 heteroatoms. The van der Waals surface area contributed by atoms with Crippen LogP contribution in [-0.4, -0.2) is 37.3 Å². The van der Waals surface area contributed by atoms with Crippen LogP contribution in [0.3, 0.4) is 0 Å². The third-order valence-electron chi connectivity index (χ3n) is 4.21. The second-order valence-electron chi connectivity index (χ2n) is 6.36. The van der Waals surface area contributed by atoms with Crippen LogP contribution in [0.5, 0.6) is 0 Å². The fourth-order valence-corrected chi connectivity index (χ4v) is 3.18. The summed E-state index contributed by atoms with van der Waals surface area (Å²) in [6.07, 6.45) is 1.17. The maximum absolute atomic E-state index is 11.6. The van der Waals surface area contributed by atoms with Crippen molar-refractivity contribution in [3.05, 3.63) is 71.7 Å². The summed E-state index contributed by atoms with van der Waals surface area (Å²) in [7, 11) is -3.26. The molecule has 0 unspecified atom stereocenters. The van der Waals surface area contributed by atoms with E-state index in [1.54, 1.807) is 38.1 Å². The lowest BCUT2D eigenvalue weighted by molar-refractivity contribution is 0.551. The number of hydrogen-bond donors (Lipinski definition) is 0. The van der Waals surface area contributed by atoms with E-state index < -0.39 is 9.84 Å². The first kappa shape index (κ1) is 20.3. The van der Waals surface area contributed by atoms with E-state index in [1.807, 2.05) is 30.3 Å². The Labute approximate surface area is 169 Å². The molecule has 3 rings (SSSR count). The SMILES string of the molecule is C=N/C(C)=C(\N=C(C)c1ccc(S(C)(=O)=O)cc1)c1nnc(-c2ccccc2)o1. The Bertz CT molecular complexity index is 1190. The molecule has 0 radical (unpaired) electrons. The Morgan fingerprint density at radius 1 is 1.00 bits per heavy atom. The molecule has 1 aromatic heterocycles. The van der Waals surface area contributed by atoms with Crippen LogP contribution in [0.15, 0.2) is 79.6 Å². The zero-order valence-corrected chi connectivity index (χ0v) is 17.1. The normalized spacial score (nSPS) is 13.1. The number of aromatic nitrogens is 2. The van der Waals surface area contributed by atoms with E-state index >= 15 is 0 Å².